The number of hydrogen-bond acceptors (Lipinski definition) is 4. The highest BCUT2D eigenvalue weighted by molar-refractivity contribution is 6.09. The van der Waals surface area contributed by atoms with E-state index in [1.807, 2.05) is 19.9 Å². The highest BCUT2D eigenvalue weighted by Crippen LogP contribution is 2.15. The third-order valence-electron chi connectivity index (χ3n) is 3.77. The summed E-state index contributed by atoms with van der Waals surface area (Å²) in [6.45, 7) is 7.68. The molecule has 1 aromatic carbocycles. The van der Waals surface area contributed by atoms with E-state index < -0.39 is 11.2 Å². The molecule has 0 radical (unpaired) electrons. The van der Waals surface area contributed by atoms with Crippen molar-refractivity contribution in [1.82, 2.24) is 9.55 Å². The highest BCUT2D eigenvalue weighted by Gasteiger charge is 2.22. The lowest BCUT2D eigenvalue weighted by Crippen LogP contribution is -2.37. The number of rotatable bonds is 6. The maximum atomic E-state index is 13.1. The summed E-state index contributed by atoms with van der Waals surface area (Å²) in [5, 5.41) is 0. The monoisotopic (exact) mass is 330 g/mol. The lowest BCUT2D eigenvalue weighted by atomic mass is 9.99. The molecule has 24 heavy (non-hydrogen) atoms. The standard InChI is InChI=1S/C18H22N2O4/c1-5-14-15(16(21)13-8-11(3)7-12(4)9-13)20(10-24-6-2)18(23)19-17(14)22/h7-9H,5-6,10H2,1-4H3,(H,19,22,23). The zero-order chi connectivity index (χ0) is 17.9. The highest BCUT2D eigenvalue weighted by atomic mass is 16.5. The Labute approximate surface area is 140 Å². The third-order valence-corrected chi connectivity index (χ3v) is 3.77. The average molecular weight is 330 g/mol. The van der Waals surface area contributed by atoms with Gasteiger partial charge in [0.05, 0.1) is 0 Å². The van der Waals surface area contributed by atoms with Crippen molar-refractivity contribution in [3.05, 3.63) is 67.0 Å². The second kappa shape index (κ2) is 7.40. The van der Waals surface area contributed by atoms with Crippen molar-refractivity contribution in [3.8, 4) is 0 Å². The first kappa shape index (κ1) is 17.9. The van der Waals surface area contributed by atoms with Gasteiger partial charge in [0.1, 0.15) is 12.4 Å². The van der Waals surface area contributed by atoms with Gasteiger partial charge in [-0.15, -0.1) is 0 Å². The van der Waals surface area contributed by atoms with E-state index in [1.165, 1.54) is 4.57 Å². The summed E-state index contributed by atoms with van der Waals surface area (Å²) < 4.78 is 6.50. The molecule has 0 amide bonds. The molecule has 2 aromatic rings. The van der Waals surface area contributed by atoms with Gasteiger partial charge in [0.15, 0.2) is 0 Å². The summed E-state index contributed by atoms with van der Waals surface area (Å²) in [6, 6.07) is 5.47. The molecular formula is C18H22N2O4. The van der Waals surface area contributed by atoms with Crippen LogP contribution in [0.5, 0.6) is 0 Å². The van der Waals surface area contributed by atoms with E-state index >= 15 is 0 Å². The van der Waals surface area contributed by atoms with Gasteiger partial charge in [0.25, 0.3) is 5.56 Å². The molecule has 0 spiro atoms. The molecule has 0 saturated carbocycles. The normalized spacial score (nSPS) is 10.8. The van der Waals surface area contributed by atoms with Crippen LogP contribution in [0.3, 0.4) is 0 Å². The van der Waals surface area contributed by atoms with Crippen LogP contribution in [0.4, 0.5) is 0 Å². The fourth-order valence-electron chi connectivity index (χ4n) is 2.75. The Morgan fingerprint density at radius 1 is 1.12 bits per heavy atom. The Morgan fingerprint density at radius 2 is 1.75 bits per heavy atom. The Bertz CT molecular complexity index is 857. The molecule has 0 aliphatic rings. The van der Waals surface area contributed by atoms with Gasteiger partial charge in [-0.05, 0) is 39.3 Å². The first-order valence-corrected chi connectivity index (χ1v) is 7.95. The van der Waals surface area contributed by atoms with Crippen LogP contribution in [0, 0.1) is 13.8 Å². The number of hydrogen-bond donors (Lipinski definition) is 1. The molecule has 2 rings (SSSR count). The fourth-order valence-corrected chi connectivity index (χ4v) is 2.75. The molecule has 0 atom stereocenters. The van der Waals surface area contributed by atoms with Crippen molar-refractivity contribution >= 4 is 5.78 Å². The molecule has 1 N–H and O–H groups in total. The molecule has 1 heterocycles. The van der Waals surface area contributed by atoms with Gasteiger partial charge in [-0.3, -0.25) is 19.1 Å². The van der Waals surface area contributed by atoms with Gasteiger partial charge in [0, 0.05) is 17.7 Å². The fraction of sp³-hybridized carbons (Fsp3) is 0.389. The zero-order valence-electron chi connectivity index (χ0n) is 14.4. The summed E-state index contributed by atoms with van der Waals surface area (Å²) in [5.74, 6) is -0.346. The number of aromatic nitrogens is 2. The third kappa shape index (κ3) is 3.54. The van der Waals surface area contributed by atoms with Crippen molar-refractivity contribution in [2.75, 3.05) is 6.61 Å². The van der Waals surface area contributed by atoms with Gasteiger partial charge < -0.3 is 4.74 Å². The molecule has 0 bridgehead atoms. The van der Waals surface area contributed by atoms with Crippen LogP contribution in [0.25, 0.3) is 0 Å². The molecule has 128 valence electrons. The van der Waals surface area contributed by atoms with Gasteiger partial charge in [-0.25, -0.2) is 4.79 Å². The van der Waals surface area contributed by atoms with E-state index in [9.17, 15) is 14.4 Å². The molecule has 0 fully saturated rings. The number of carbonyl (C=O) groups excluding carboxylic acids is 1. The lowest BCUT2D eigenvalue weighted by Gasteiger charge is -2.15. The van der Waals surface area contributed by atoms with Crippen molar-refractivity contribution in [3.63, 3.8) is 0 Å². The van der Waals surface area contributed by atoms with Crippen molar-refractivity contribution < 1.29 is 9.53 Å². The molecule has 0 saturated heterocycles. The second-order valence-corrected chi connectivity index (χ2v) is 5.70. The first-order chi connectivity index (χ1) is 11.4. The van der Waals surface area contributed by atoms with Crippen LogP contribution in [-0.2, 0) is 17.9 Å². The minimum Gasteiger partial charge on any atom is -0.361 e. The summed E-state index contributed by atoms with van der Waals surface area (Å²) in [4.78, 5) is 39.6. The largest absolute Gasteiger partial charge is 0.361 e. The van der Waals surface area contributed by atoms with Gasteiger partial charge in [0.2, 0.25) is 5.78 Å². The number of nitrogens with zero attached hydrogens (tertiary/aromatic N) is 1. The van der Waals surface area contributed by atoms with E-state index in [4.69, 9.17) is 4.74 Å². The number of H-pyrrole nitrogens is 1. The van der Waals surface area contributed by atoms with Crippen LogP contribution in [0.15, 0.2) is 27.8 Å². The van der Waals surface area contributed by atoms with Crippen LogP contribution < -0.4 is 11.2 Å². The van der Waals surface area contributed by atoms with Crippen molar-refractivity contribution in [1.29, 1.82) is 0 Å². The van der Waals surface area contributed by atoms with E-state index in [2.05, 4.69) is 4.98 Å². The maximum Gasteiger partial charge on any atom is 0.330 e. The van der Waals surface area contributed by atoms with Gasteiger partial charge in [-0.1, -0.05) is 24.1 Å². The zero-order valence-corrected chi connectivity index (χ0v) is 14.4. The number of nitrogens with one attached hydrogen (secondary N) is 1. The SMILES string of the molecule is CCOCn1c(C(=O)c2cc(C)cc(C)c2)c(CC)c(=O)[nH]c1=O. The number of aromatic amines is 1. The maximum absolute atomic E-state index is 13.1. The summed E-state index contributed by atoms with van der Waals surface area (Å²) in [5.41, 5.74) is 1.57. The predicted octanol–water partition coefficient (Wildman–Crippen LogP) is 1.94. The molecule has 0 unspecified atom stereocenters. The Kier molecular flexibility index (Phi) is 5.51. The smallest absolute Gasteiger partial charge is 0.330 e. The topological polar surface area (TPSA) is 81.2 Å². The molecule has 0 aliphatic carbocycles. The Balaban J connectivity index is 2.72. The molecule has 1 aromatic heterocycles. The minimum absolute atomic E-state index is 0.0784. The predicted molar refractivity (Wildman–Crippen MR) is 91.7 cm³/mol. The summed E-state index contributed by atoms with van der Waals surface area (Å²) in [6.07, 6.45) is 0.341. The minimum atomic E-state index is -0.640. The quantitative estimate of drug-likeness (QED) is 0.821. The van der Waals surface area contributed by atoms with E-state index in [0.717, 1.165) is 11.1 Å². The number of aryl methyl sites for hydroxylation is 2. The lowest BCUT2D eigenvalue weighted by molar-refractivity contribution is 0.0784. The summed E-state index contributed by atoms with van der Waals surface area (Å²) >= 11 is 0. The van der Waals surface area contributed by atoms with Gasteiger partial charge in [-0.2, -0.15) is 0 Å². The van der Waals surface area contributed by atoms with Crippen LogP contribution in [-0.4, -0.2) is 21.9 Å². The van der Waals surface area contributed by atoms with Crippen LogP contribution >= 0.6 is 0 Å². The van der Waals surface area contributed by atoms with E-state index in [1.54, 1.807) is 26.0 Å². The average Bonchev–Trinajstić information content (AvgIpc) is 2.51. The van der Waals surface area contributed by atoms with Gasteiger partial charge >= 0.3 is 5.69 Å². The number of benzene rings is 1. The molecular weight excluding hydrogens is 308 g/mol. The molecule has 0 aliphatic heterocycles. The summed E-state index contributed by atoms with van der Waals surface area (Å²) in [7, 11) is 0. The van der Waals surface area contributed by atoms with Crippen LogP contribution in [0.1, 0.15) is 46.6 Å². The van der Waals surface area contributed by atoms with E-state index in [-0.39, 0.29) is 18.2 Å². The number of ketones is 1. The molecule has 6 heteroatoms. The van der Waals surface area contributed by atoms with Crippen molar-refractivity contribution in [2.24, 2.45) is 0 Å². The Hall–Kier alpha value is -2.47. The number of carbonyl (C=O) groups is 1. The van der Waals surface area contributed by atoms with E-state index in [0.29, 0.717) is 24.2 Å². The number of ether oxygens (including phenoxy) is 1. The second-order valence-electron chi connectivity index (χ2n) is 5.70. The van der Waals surface area contributed by atoms with Crippen LogP contribution in [0.2, 0.25) is 0 Å². The Morgan fingerprint density at radius 3 is 2.29 bits per heavy atom. The van der Waals surface area contributed by atoms with Crippen molar-refractivity contribution in [2.45, 2.75) is 40.8 Å². The first-order valence-electron chi connectivity index (χ1n) is 7.95. The molecule has 6 nitrogen and oxygen atoms in total.